The van der Waals surface area contributed by atoms with Gasteiger partial charge in [0, 0.05) is 6.61 Å². The summed E-state index contributed by atoms with van der Waals surface area (Å²) in [7, 11) is -1.89. The molecule has 2 aromatic rings. The van der Waals surface area contributed by atoms with Gasteiger partial charge < -0.3 is 4.43 Å². The Bertz CT molecular complexity index is 616. The van der Waals surface area contributed by atoms with Crippen molar-refractivity contribution in [1.82, 2.24) is 0 Å². The SMILES string of the molecule is CCO[Si](C)(C)c1ccc(-c2ccc(C(F)(F)F)cc2)cc1. The van der Waals surface area contributed by atoms with Crippen molar-refractivity contribution >= 4 is 13.5 Å². The Morgan fingerprint density at radius 1 is 0.864 bits per heavy atom. The Balaban J connectivity index is 2.24. The van der Waals surface area contributed by atoms with Crippen molar-refractivity contribution in [2.45, 2.75) is 26.2 Å². The summed E-state index contributed by atoms with van der Waals surface area (Å²) in [5, 5.41) is 1.17. The van der Waals surface area contributed by atoms with Crippen LogP contribution in [0.4, 0.5) is 13.2 Å². The lowest BCUT2D eigenvalue weighted by atomic mass is 10.0. The minimum Gasteiger partial charge on any atom is -0.413 e. The first kappa shape index (κ1) is 16.8. The lowest BCUT2D eigenvalue weighted by Gasteiger charge is -2.22. The Labute approximate surface area is 129 Å². The van der Waals surface area contributed by atoms with Crippen LogP contribution in [0, 0.1) is 0 Å². The molecule has 5 heteroatoms. The molecule has 0 saturated heterocycles. The summed E-state index contributed by atoms with van der Waals surface area (Å²) >= 11 is 0. The van der Waals surface area contributed by atoms with Crippen LogP contribution in [0.15, 0.2) is 48.5 Å². The first-order valence-electron chi connectivity index (χ1n) is 7.16. The van der Waals surface area contributed by atoms with Crippen molar-refractivity contribution in [3.8, 4) is 11.1 Å². The number of rotatable bonds is 4. The van der Waals surface area contributed by atoms with E-state index in [9.17, 15) is 13.2 Å². The van der Waals surface area contributed by atoms with Crippen molar-refractivity contribution < 1.29 is 17.6 Å². The second-order valence-corrected chi connectivity index (χ2v) is 9.48. The summed E-state index contributed by atoms with van der Waals surface area (Å²) < 4.78 is 43.5. The summed E-state index contributed by atoms with van der Waals surface area (Å²) in [6, 6.07) is 13.1. The maximum Gasteiger partial charge on any atom is 0.416 e. The molecular weight excluding hydrogens is 305 g/mol. The highest BCUT2D eigenvalue weighted by molar-refractivity contribution is 6.84. The van der Waals surface area contributed by atoms with Gasteiger partial charge in [-0.05, 0) is 48.5 Å². The Hall–Kier alpha value is -1.59. The molecule has 2 aromatic carbocycles. The summed E-state index contributed by atoms with van der Waals surface area (Å²) in [6.45, 7) is 6.92. The summed E-state index contributed by atoms with van der Waals surface area (Å²) in [5.74, 6) is 0. The molecule has 0 N–H and O–H groups in total. The quantitative estimate of drug-likeness (QED) is 0.733. The van der Waals surface area contributed by atoms with Gasteiger partial charge in [-0.15, -0.1) is 0 Å². The molecule has 0 aliphatic carbocycles. The van der Waals surface area contributed by atoms with E-state index >= 15 is 0 Å². The molecule has 0 unspecified atom stereocenters. The van der Waals surface area contributed by atoms with Crippen LogP contribution in [0.5, 0.6) is 0 Å². The van der Waals surface area contributed by atoms with Crippen molar-refractivity contribution in [1.29, 1.82) is 0 Å². The first-order chi connectivity index (χ1) is 10.2. The normalized spacial score (nSPS) is 12.5. The summed E-state index contributed by atoms with van der Waals surface area (Å²) in [6.07, 6.45) is -4.30. The topological polar surface area (TPSA) is 9.23 Å². The molecule has 0 bridgehead atoms. The predicted octanol–water partition coefficient (Wildman–Crippen LogP) is 4.82. The predicted molar refractivity (Wildman–Crippen MR) is 85.6 cm³/mol. The van der Waals surface area contributed by atoms with Crippen LogP contribution in [-0.4, -0.2) is 14.9 Å². The lowest BCUT2D eigenvalue weighted by molar-refractivity contribution is -0.137. The Morgan fingerprint density at radius 3 is 1.73 bits per heavy atom. The zero-order chi connectivity index (χ0) is 16.4. The van der Waals surface area contributed by atoms with Gasteiger partial charge in [0.1, 0.15) is 0 Å². The molecule has 0 radical (unpaired) electrons. The van der Waals surface area contributed by atoms with Gasteiger partial charge >= 0.3 is 6.18 Å². The van der Waals surface area contributed by atoms with Crippen molar-refractivity contribution in [3.63, 3.8) is 0 Å². The highest BCUT2D eigenvalue weighted by Gasteiger charge is 2.30. The Kier molecular flexibility index (Phi) is 4.77. The second-order valence-electron chi connectivity index (χ2n) is 5.60. The van der Waals surface area contributed by atoms with Crippen LogP contribution in [0.2, 0.25) is 13.1 Å². The van der Waals surface area contributed by atoms with Gasteiger partial charge in [0.25, 0.3) is 0 Å². The van der Waals surface area contributed by atoms with Crippen LogP contribution in [0.1, 0.15) is 12.5 Å². The average Bonchev–Trinajstić information content (AvgIpc) is 2.47. The smallest absolute Gasteiger partial charge is 0.413 e. The third kappa shape index (κ3) is 3.78. The summed E-state index contributed by atoms with van der Waals surface area (Å²) in [5.41, 5.74) is 1.05. The van der Waals surface area contributed by atoms with Gasteiger partial charge in [-0.3, -0.25) is 0 Å². The lowest BCUT2D eigenvalue weighted by Crippen LogP contribution is -2.44. The van der Waals surface area contributed by atoms with Crippen LogP contribution in [0.3, 0.4) is 0 Å². The van der Waals surface area contributed by atoms with Crippen LogP contribution < -0.4 is 5.19 Å². The fourth-order valence-electron chi connectivity index (χ4n) is 2.36. The second kappa shape index (κ2) is 6.26. The zero-order valence-electron chi connectivity index (χ0n) is 12.9. The molecule has 0 amide bonds. The van der Waals surface area contributed by atoms with E-state index in [0.29, 0.717) is 6.61 Å². The van der Waals surface area contributed by atoms with Gasteiger partial charge in [0.05, 0.1) is 5.56 Å². The molecule has 0 saturated carbocycles. The van der Waals surface area contributed by atoms with Gasteiger partial charge in [-0.1, -0.05) is 36.4 Å². The third-order valence-electron chi connectivity index (χ3n) is 3.63. The molecular formula is C17H19F3OSi. The number of hydrogen-bond donors (Lipinski definition) is 0. The first-order valence-corrected chi connectivity index (χ1v) is 10.1. The van der Waals surface area contributed by atoms with E-state index in [4.69, 9.17) is 4.43 Å². The number of hydrogen-bond acceptors (Lipinski definition) is 1. The van der Waals surface area contributed by atoms with Crippen LogP contribution >= 0.6 is 0 Å². The number of benzene rings is 2. The van der Waals surface area contributed by atoms with Crippen molar-refractivity contribution in [2.24, 2.45) is 0 Å². The molecule has 0 heterocycles. The molecule has 118 valence electrons. The number of alkyl halides is 3. The van der Waals surface area contributed by atoms with E-state index in [2.05, 4.69) is 13.1 Å². The van der Waals surface area contributed by atoms with Crippen molar-refractivity contribution in [3.05, 3.63) is 54.1 Å². The summed E-state index contributed by atoms with van der Waals surface area (Å²) in [4.78, 5) is 0. The molecule has 0 spiro atoms. The van der Waals surface area contributed by atoms with Crippen LogP contribution in [0.25, 0.3) is 11.1 Å². The molecule has 1 nitrogen and oxygen atoms in total. The highest BCUT2D eigenvalue weighted by Crippen LogP contribution is 2.30. The van der Waals surface area contributed by atoms with Gasteiger partial charge in [-0.2, -0.15) is 13.2 Å². The standard InChI is InChI=1S/C17H19F3OSi/c1-4-21-22(2,3)16-11-7-14(8-12-16)13-5-9-15(10-6-13)17(18,19)20/h5-12H,4H2,1-3H3. The molecule has 2 rings (SSSR count). The van der Waals surface area contributed by atoms with E-state index in [1.807, 2.05) is 31.2 Å². The minimum absolute atomic E-state index is 0.627. The van der Waals surface area contributed by atoms with E-state index < -0.39 is 20.1 Å². The fraction of sp³-hybridized carbons (Fsp3) is 0.294. The largest absolute Gasteiger partial charge is 0.416 e. The minimum atomic E-state index is -4.30. The molecule has 0 fully saturated rings. The molecule has 0 aliphatic heterocycles. The van der Waals surface area contributed by atoms with Gasteiger partial charge in [0.15, 0.2) is 0 Å². The fourth-order valence-corrected chi connectivity index (χ4v) is 4.22. The zero-order valence-corrected chi connectivity index (χ0v) is 13.9. The molecule has 0 aliphatic rings. The van der Waals surface area contributed by atoms with E-state index in [1.54, 1.807) is 0 Å². The third-order valence-corrected chi connectivity index (χ3v) is 6.36. The van der Waals surface area contributed by atoms with Crippen molar-refractivity contribution in [2.75, 3.05) is 6.61 Å². The molecule has 0 aromatic heterocycles. The van der Waals surface area contributed by atoms with E-state index in [0.717, 1.165) is 23.3 Å². The van der Waals surface area contributed by atoms with E-state index in [1.165, 1.54) is 17.3 Å². The van der Waals surface area contributed by atoms with Gasteiger partial charge in [-0.25, -0.2) is 0 Å². The average molecular weight is 324 g/mol. The Morgan fingerprint density at radius 2 is 1.32 bits per heavy atom. The van der Waals surface area contributed by atoms with E-state index in [-0.39, 0.29) is 0 Å². The maximum absolute atomic E-state index is 12.6. The molecule has 22 heavy (non-hydrogen) atoms. The number of halogens is 3. The highest BCUT2D eigenvalue weighted by atomic mass is 28.4. The van der Waals surface area contributed by atoms with Gasteiger partial charge in [0.2, 0.25) is 8.32 Å². The monoisotopic (exact) mass is 324 g/mol. The van der Waals surface area contributed by atoms with Crippen LogP contribution in [-0.2, 0) is 10.6 Å². The molecule has 0 atom stereocenters. The maximum atomic E-state index is 12.6.